The van der Waals surface area contributed by atoms with E-state index in [2.05, 4.69) is 4.98 Å². The van der Waals surface area contributed by atoms with Crippen molar-refractivity contribution in [3.05, 3.63) is 17.3 Å². The molecule has 0 aromatic carbocycles. The molecule has 0 bridgehead atoms. The van der Waals surface area contributed by atoms with Crippen molar-refractivity contribution in [3.8, 4) is 0 Å². The smallest absolute Gasteiger partial charge is 0.411 e. The van der Waals surface area contributed by atoms with E-state index in [-0.39, 0.29) is 6.09 Å². The van der Waals surface area contributed by atoms with Crippen LogP contribution in [0.2, 0.25) is 0 Å². The van der Waals surface area contributed by atoms with Gasteiger partial charge in [0, 0.05) is 6.42 Å². The first kappa shape index (κ1) is 13.9. The highest BCUT2D eigenvalue weighted by atomic mass is 16.6. The summed E-state index contributed by atoms with van der Waals surface area (Å²) in [5.41, 5.74) is 5.80. The number of aromatic nitrogens is 1. The van der Waals surface area contributed by atoms with E-state index in [9.17, 15) is 4.79 Å². The minimum absolute atomic E-state index is 0.329. The summed E-state index contributed by atoms with van der Waals surface area (Å²) in [6, 6.07) is 0. The summed E-state index contributed by atoms with van der Waals surface area (Å²) >= 11 is 0. The molecule has 6 nitrogen and oxygen atoms in total. The van der Waals surface area contributed by atoms with Gasteiger partial charge < -0.3 is 14.9 Å². The zero-order valence-corrected chi connectivity index (χ0v) is 11.7. The molecule has 106 valence electrons. The molecule has 0 fully saturated rings. The SMILES string of the molecule is CC(C)(C)OC(=O)N1Cc2nc(CCCN)oc2C1. The highest BCUT2D eigenvalue weighted by Crippen LogP contribution is 2.25. The van der Waals surface area contributed by atoms with Crippen molar-refractivity contribution in [1.29, 1.82) is 0 Å². The Kier molecular flexibility index (Phi) is 3.80. The fourth-order valence-corrected chi connectivity index (χ4v) is 1.91. The molecule has 1 aromatic heterocycles. The molecule has 0 unspecified atom stereocenters. The Balaban J connectivity index is 1.94. The second-order valence-corrected chi connectivity index (χ2v) is 5.71. The first-order valence-electron chi connectivity index (χ1n) is 6.54. The van der Waals surface area contributed by atoms with Crippen LogP contribution in [0.4, 0.5) is 4.79 Å². The van der Waals surface area contributed by atoms with Gasteiger partial charge in [0.15, 0.2) is 5.89 Å². The Labute approximate surface area is 112 Å². The lowest BCUT2D eigenvalue weighted by Gasteiger charge is -2.23. The molecular weight excluding hydrogens is 246 g/mol. The number of amides is 1. The van der Waals surface area contributed by atoms with Gasteiger partial charge in [0.1, 0.15) is 17.1 Å². The molecule has 0 saturated carbocycles. The van der Waals surface area contributed by atoms with E-state index in [1.165, 1.54) is 0 Å². The molecular formula is C13H21N3O3. The van der Waals surface area contributed by atoms with Crippen molar-refractivity contribution in [3.63, 3.8) is 0 Å². The summed E-state index contributed by atoms with van der Waals surface area (Å²) in [5, 5.41) is 0. The van der Waals surface area contributed by atoms with Crippen LogP contribution in [0.1, 0.15) is 44.5 Å². The lowest BCUT2D eigenvalue weighted by atomic mass is 10.2. The summed E-state index contributed by atoms with van der Waals surface area (Å²) in [6.45, 7) is 7.05. The van der Waals surface area contributed by atoms with E-state index in [0.717, 1.165) is 24.3 Å². The van der Waals surface area contributed by atoms with Crippen LogP contribution in [0.3, 0.4) is 0 Å². The molecule has 6 heteroatoms. The van der Waals surface area contributed by atoms with Gasteiger partial charge >= 0.3 is 6.09 Å². The van der Waals surface area contributed by atoms with E-state index in [4.69, 9.17) is 14.9 Å². The number of carbonyl (C=O) groups is 1. The summed E-state index contributed by atoms with van der Waals surface area (Å²) < 4.78 is 10.9. The minimum atomic E-state index is -0.486. The van der Waals surface area contributed by atoms with Gasteiger partial charge in [-0.15, -0.1) is 0 Å². The quantitative estimate of drug-likeness (QED) is 0.903. The van der Waals surface area contributed by atoms with Crippen LogP contribution < -0.4 is 5.73 Å². The molecule has 0 atom stereocenters. The van der Waals surface area contributed by atoms with Crippen LogP contribution >= 0.6 is 0 Å². The van der Waals surface area contributed by atoms with E-state index < -0.39 is 5.60 Å². The number of carbonyl (C=O) groups excluding carboxylic acids is 1. The maximum Gasteiger partial charge on any atom is 0.411 e. The molecule has 1 aliphatic heterocycles. The Morgan fingerprint density at radius 3 is 2.79 bits per heavy atom. The third kappa shape index (κ3) is 3.47. The Morgan fingerprint density at radius 2 is 2.21 bits per heavy atom. The third-order valence-corrected chi connectivity index (χ3v) is 2.74. The Hall–Kier alpha value is -1.56. The third-order valence-electron chi connectivity index (χ3n) is 2.74. The van der Waals surface area contributed by atoms with Gasteiger partial charge in [0.25, 0.3) is 0 Å². The maximum absolute atomic E-state index is 11.9. The van der Waals surface area contributed by atoms with Crippen LogP contribution in [-0.2, 0) is 24.2 Å². The Morgan fingerprint density at radius 1 is 1.47 bits per heavy atom. The van der Waals surface area contributed by atoms with Gasteiger partial charge in [-0.25, -0.2) is 9.78 Å². The van der Waals surface area contributed by atoms with Gasteiger partial charge in [0.2, 0.25) is 0 Å². The van der Waals surface area contributed by atoms with E-state index in [1.807, 2.05) is 20.8 Å². The number of hydrogen-bond donors (Lipinski definition) is 1. The first-order valence-corrected chi connectivity index (χ1v) is 6.54. The van der Waals surface area contributed by atoms with Crippen LogP contribution in [0.5, 0.6) is 0 Å². The van der Waals surface area contributed by atoms with Crippen molar-refractivity contribution in [2.24, 2.45) is 5.73 Å². The van der Waals surface area contributed by atoms with Crippen molar-refractivity contribution in [2.75, 3.05) is 6.54 Å². The summed E-state index contributed by atoms with van der Waals surface area (Å²) in [4.78, 5) is 17.9. The fourth-order valence-electron chi connectivity index (χ4n) is 1.91. The van der Waals surface area contributed by atoms with Crippen molar-refractivity contribution in [2.45, 2.75) is 52.3 Å². The van der Waals surface area contributed by atoms with Crippen LogP contribution in [-0.4, -0.2) is 28.1 Å². The lowest BCUT2D eigenvalue weighted by Crippen LogP contribution is -2.33. The standard InChI is InChI=1S/C13H21N3O3/c1-13(2,3)19-12(17)16-7-9-10(8-16)18-11(15-9)5-4-6-14/h4-8,14H2,1-3H3. The molecule has 19 heavy (non-hydrogen) atoms. The molecule has 0 saturated heterocycles. The average Bonchev–Trinajstić information content (AvgIpc) is 2.81. The number of nitrogens with two attached hydrogens (primary N) is 1. The Bertz CT molecular complexity index is 439. The number of oxazole rings is 1. The first-order chi connectivity index (χ1) is 8.89. The molecule has 2 N–H and O–H groups in total. The highest BCUT2D eigenvalue weighted by Gasteiger charge is 2.31. The monoisotopic (exact) mass is 267 g/mol. The van der Waals surface area contributed by atoms with Gasteiger partial charge in [-0.1, -0.05) is 0 Å². The molecule has 1 aliphatic rings. The topological polar surface area (TPSA) is 81.6 Å². The molecule has 2 rings (SSSR count). The zero-order valence-electron chi connectivity index (χ0n) is 11.7. The van der Waals surface area contributed by atoms with Gasteiger partial charge in [-0.05, 0) is 33.7 Å². The van der Waals surface area contributed by atoms with E-state index >= 15 is 0 Å². The minimum Gasteiger partial charge on any atom is -0.444 e. The lowest BCUT2D eigenvalue weighted by molar-refractivity contribution is 0.0231. The number of nitrogens with zero attached hydrogens (tertiary/aromatic N) is 2. The maximum atomic E-state index is 11.9. The molecule has 0 spiro atoms. The van der Waals surface area contributed by atoms with E-state index in [0.29, 0.717) is 25.5 Å². The summed E-state index contributed by atoms with van der Waals surface area (Å²) in [5.74, 6) is 1.47. The number of fused-ring (bicyclic) bond motifs is 1. The van der Waals surface area contributed by atoms with Gasteiger partial charge in [-0.2, -0.15) is 0 Å². The number of hydrogen-bond acceptors (Lipinski definition) is 5. The largest absolute Gasteiger partial charge is 0.444 e. The number of aryl methyl sites for hydroxylation is 1. The summed E-state index contributed by atoms with van der Waals surface area (Å²) in [7, 11) is 0. The molecule has 1 aromatic rings. The zero-order chi connectivity index (χ0) is 14.0. The fraction of sp³-hybridized carbons (Fsp3) is 0.692. The summed E-state index contributed by atoms with van der Waals surface area (Å²) in [6.07, 6.45) is 1.27. The normalized spacial score (nSPS) is 14.6. The molecule has 0 aliphatic carbocycles. The predicted molar refractivity (Wildman–Crippen MR) is 69.4 cm³/mol. The molecule has 1 amide bonds. The van der Waals surface area contributed by atoms with Crippen molar-refractivity contribution >= 4 is 6.09 Å². The van der Waals surface area contributed by atoms with Crippen LogP contribution in [0, 0.1) is 0 Å². The molecule has 2 heterocycles. The highest BCUT2D eigenvalue weighted by molar-refractivity contribution is 5.68. The van der Waals surface area contributed by atoms with Crippen molar-refractivity contribution in [1.82, 2.24) is 9.88 Å². The van der Waals surface area contributed by atoms with Crippen molar-refractivity contribution < 1.29 is 13.9 Å². The van der Waals surface area contributed by atoms with Crippen LogP contribution in [0.15, 0.2) is 4.42 Å². The van der Waals surface area contributed by atoms with Gasteiger partial charge in [-0.3, -0.25) is 4.90 Å². The second-order valence-electron chi connectivity index (χ2n) is 5.71. The second kappa shape index (κ2) is 5.21. The average molecular weight is 267 g/mol. The molecule has 0 radical (unpaired) electrons. The number of rotatable bonds is 3. The van der Waals surface area contributed by atoms with E-state index in [1.54, 1.807) is 4.90 Å². The van der Waals surface area contributed by atoms with Gasteiger partial charge in [0.05, 0.1) is 13.1 Å². The van der Waals surface area contributed by atoms with Crippen LogP contribution in [0.25, 0.3) is 0 Å². The number of ether oxygens (including phenoxy) is 1. The predicted octanol–water partition coefficient (Wildman–Crippen LogP) is 1.82.